The highest BCUT2D eigenvalue weighted by molar-refractivity contribution is 6.31. The minimum Gasteiger partial charge on any atom is -0.338 e. The third-order valence-electron chi connectivity index (χ3n) is 3.02. The largest absolute Gasteiger partial charge is 0.338 e. The summed E-state index contributed by atoms with van der Waals surface area (Å²) in [5.74, 6) is 0.567. The number of aromatic nitrogens is 3. The Bertz CT molecular complexity index is 380. The Morgan fingerprint density at radius 3 is 2.35 bits per heavy atom. The second-order valence-corrected chi connectivity index (χ2v) is 4.77. The van der Waals surface area contributed by atoms with Crippen LogP contribution in [0.3, 0.4) is 0 Å². The molecule has 0 aliphatic carbocycles. The van der Waals surface area contributed by atoms with Crippen LogP contribution in [-0.4, -0.2) is 52.1 Å². The SMILES string of the molecule is CCN1CCN(c2nc(Cl)nc(Cl)n2)CC1C. The lowest BCUT2D eigenvalue weighted by Gasteiger charge is -2.39. The van der Waals surface area contributed by atoms with Crippen LogP contribution in [-0.2, 0) is 0 Å². The summed E-state index contributed by atoms with van der Waals surface area (Å²) in [5, 5.41) is 0.288. The second-order valence-electron chi connectivity index (χ2n) is 4.10. The van der Waals surface area contributed by atoms with Gasteiger partial charge in [0.25, 0.3) is 0 Å². The van der Waals surface area contributed by atoms with Gasteiger partial charge in [-0.3, -0.25) is 4.90 Å². The number of halogens is 2. The molecule has 0 spiro atoms. The molecule has 1 aliphatic rings. The highest BCUT2D eigenvalue weighted by atomic mass is 35.5. The van der Waals surface area contributed by atoms with Crippen molar-refractivity contribution in [3.63, 3.8) is 0 Å². The molecule has 5 nitrogen and oxygen atoms in total. The molecule has 0 radical (unpaired) electrons. The van der Waals surface area contributed by atoms with Gasteiger partial charge < -0.3 is 4.90 Å². The molecule has 0 aromatic carbocycles. The van der Waals surface area contributed by atoms with Crippen LogP contribution in [0.15, 0.2) is 0 Å². The first-order valence-electron chi connectivity index (χ1n) is 5.66. The fourth-order valence-electron chi connectivity index (χ4n) is 2.10. The number of likely N-dealkylation sites (N-methyl/N-ethyl adjacent to an activating group) is 1. The van der Waals surface area contributed by atoms with Gasteiger partial charge in [0.05, 0.1) is 0 Å². The van der Waals surface area contributed by atoms with Crippen molar-refractivity contribution in [3.05, 3.63) is 10.6 Å². The molecule has 1 aromatic heterocycles. The lowest BCUT2D eigenvalue weighted by atomic mass is 10.2. The van der Waals surface area contributed by atoms with Gasteiger partial charge in [-0.2, -0.15) is 15.0 Å². The van der Waals surface area contributed by atoms with E-state index in [1.165, 1.54) is 0 Å². The summed E-state index contributed by atoms with van der Waals surface area (Å²) in [6.07, 6.45) is 0. The molecule has 1 unspecified atom stereocenters. The zero-order valence-electron chi connectivity index (χ0n) is 9.90. The van der Waals surface area contributed by atoms with E-state index in [4.69, 9.17) is 23.2 Å². The van der Waals surface area contributed by atoms with Crippen molar-refractivity contribution in [2.45, 2.75) is 19.9 Å². The van der Waals surface area contributed by atoms with Gasteiger partial charge in [0.1, 0.15) is 0 Å². The van der Waals surface area contributed by atoms with E-state index in [2.05, 4.69) is 38.6 Å². The summed E-state index contributed by atoms with van der Waals surface area (Å²) < 4.78 is 0. The predicted octanol–water partition coefficient (Wildman–Crippen LogP) is 1.71. The molecule has 1 aliphatic heterocycles. The number of rotatable bonds is 2. The minimum atomic E-state index is 0.144. The maximum Gasteiger partial charge on any atom is 0.231 e. The van der Waals surface area contributed by atoms with Crippen LogP contribution in [0.2, 0.25) is 10.6 Å². The molecular weight excluding hydrogens is 261 g/mol. The number of hydrogen-bond acceptors (Lipinski definition) is 5. The van der Waals surface area contributed by atoms with Crippen molar-refractivity contribution in [2.75, 3.05) is 31.1 Å². The van der Waals surface area contributed by atoms with Crippen molar-refractivity contribution in [2.24, 2.45) is 0 Å². The van der Waals surface area contributed by atoms with E-state index in [1.54, 1.807) is 0 Å². The fraction of sp³-hybridized carbons (Fsp3) is 0.700. The quantitative estimate of drug-likeness (QED) is 0.822. The molecule has 0 N–H and O–H groups in total. The molecule has 0 saturated carbocycles. The Labute approximate surface area is 111 Å². The molecule has 2 rings (SSSR count). The average Bonchev–Trinajstić information content (AvgIpc) is 2.27. The van der Waals surface area contributed by atoms with Crippen LogP contribution >= 0.6 is 23.2 Å². The standard InChI is InChI=1S/C10H15Cl2N5/c1-3-16-4-5-17(6-7(16)2)10-14-8(11)13-9(12)15-10/h7H,3-6H2,1-2H3. The van der Waals surface area contributed by atoms with Gasteiger partial charge in [-0.05, 0) is 36.7 Å². The maximum absolute atomic E-state index is 5.78. The highest BCUT2D eigenvalue weighted by Crippen LogP contribution is 2.17. The average molecular weight is 276 g/mol. The van der Waals surface area contributed by atoms with E-state index in [9.17, 15) is 0 Å². The Kier molecular flexibility index (Phi) is 4.01. The van der Waals surface area contributed by atoms with Gasteiger partial charge in [0, 0.05) is 25.7 Å². The van der Waals surface area contributed by atoms with E-state index in [-0.39, 0.29) is 10.6 Å². The number of nitrogens with zero attached hydrogens (tertiary/aromatic N) is 5. The summed E-state index contributed by atoms with van der Waals surface area (Å²) in [5.41, 5.74) is 0. The van der Waals surface area contributed by atoms with Crippen molar-refractivity contribution >= 4 is 29.2 Å². The molecule has 0 amide bonds. The molecule has 94 valence electrons. The van der Waals surface area contributed by atoms with Crippen LogP contribution in [0.5, 0.6) is 0 Å². The van der Waals surface area contributed by atoms with E-state index in [1.807, 2.05) is 0 Å². The van der Waals surface area contributed by atoms with Crippen molar-refractivity contribution in [3.8, 4) is 0 Å². The Morgan fingerprint density at radius 1 is 1.18 bits per heavy atom. The Hall–Kier alpha value is -0.650. The monoisotopic (exact) mass is 275 g/mol. The molecule has 17 heavy (non-hydrogen) atoms. The van der Waals surface area contributed by atoms with Gasteiger partial charge in [-0.15, -0.1) is 0 Å². The topological polar surface area (TPSA) is 45.2 Å². The van der Waals surface area contributed by atoms with E-state index in [0.29, 0.717) is 12.0 Å². The molecule has 1 aromatic rings. The number of hydrogen-bond donors (Lipinski definition) is 0. The van der Waals surface area contributed by atoms with Crippen LogP contribution < -0.4 is 4.90 Å². The van der Waals surface area contributed by atoms with Crippen molar-refractivity contribution < 1.29 is 0 Å². The summed E-state index contributed by atoms with van der Waals surface area (Å²) in [6.45, 7) is 8.19. The normalized spacial score (nSPS) is 21.9. The van der Waals surface area contributed by atoms with E-state index >= 15 is 0 Å². The summed E-state index contributed by atoms with van der Waals surface area (Å²) >= 11 is 11.6. The van der Waals surface area contributed by atoms with Crippen LogP contribution in [0, 0.1) is 0 Å². The third kappa shape index (κ3) is 2.97. The summed E-state index contributed by atoms with van der Waals surface area (Å²) in [4.78, 5) is 16.5. The third-order valence-corrected chi connectivity index (χ3v) is 3.36. The first-order chi connectivity index (χ1) is 8.10. The molecule has 7 heteroatoms. The summed E-state index contributed by atoms with van der Waals surface area (Å²) in [6, 6.07) is 0.475. The number of anilines is 1. The highest BCUT2D eigenvalue weighted by Gasteiger charge is 2.24. The van der Waals surface area contributed by atoms with Gasteiger partial charge in [0.2, 0.25) is 16.5 Å². The van der Waals surface area contributed by atoms with Gasteiger partial charge in [-0.1, -0.05) is 6.92 Å². The van der Waals surface area contributed by atoms with E-state index in [0.717, 1.165) is 26.2 Å². The molecule has 0 bridgehead atoms. The maximum atomic E-state index is 5.78. The fourth-order valence-corrected chi connectivity index (χ4v) is 2.46. The molecule has 2 heterocycles. The van der Waals surface area contributed by atoms with Gasteiger partial charge in [0.15, 0.2) is 0 Å². The Balaban J connectivity index is 2.13. The molecule has 1 fully saturated rings. The predicted molar refractivity (Wildman–Crippen MR) is 68.8 cm³/mol. The molecule has 1 atom stereocenters. The molecule has 1 saturated heterocycles. The van der Waals surface area contributed by atoms with Gasteiger partial charge >= 0.3 is 0 Å². The zero-order chi connectivity index (χ0) is 12.4. The lowest BCUT2D eigenvalue weighted by molar-refractivity contribution is 0.198. The number of piperazine rings is 1. The van der Waals surface area contributed by atoms with Crippen LogP contribution in [0.1, 0.15) is 13.8 Å². The lowest BCUT2D eigenvalue weighted by Crippen LogP contribution is -2.52. The molecular formula is C10H15Cl2N5. The van der Waals surface area contributed by atoms with Crippen LogP contribution in [0.25, 0.3) is 0 Å². The zero-order valence-corrected chi connectivity index (χ0v) is 11.4. The smallest absolute Gasteiger partial charge is 0.231 e. The summed E-state index contributed by atoms with van der Waals surface area (Å²) in [7, 11) is 0. The Morgan fingerprint density at radius 2 is 1.82 bits per heavy atom. The van der Waals surface area contributed by atoms with Crippen LogP contribution in [0.4, 0.5) is 5.95 Å². The first kappa shape index (κ1) is 12.8. The van der Waals surface area contributed by atoms with Crippen molar-refractivity contribution in [1.82, 2.24) is 19.9 Å². The van der Waals surface area contributed by atoms with E-state index < -0.39 is 0 Å². The first-order valence-corrected chi connectivity index (χ1v) is 6.41. The van der Waals surface area contributed by atoms with Gasteiger partial charge in [-0.25, -0.2) is 0 Å². The van der Waals surface area contributed by atoms with Crippen molar-refractivity contribution in [1.29, 1.82) is 0 Å². The minimum absolute atomic E-state index is 0.144. The second kappa shape index (κ2) is 5.33.